The number of rotatable bonds is 6. The molecule has 1 heterocycles. The molecule has 3 nitrogen and oxygen atoms in total. The fraction of sp³-hybridized carbons (Fsp3) is 0.333. The van der Waals surface area contributed by atoms with Crippen molar-refractivity contribution in [2.75, 3.05) is 6.54 Å². The van der Waals surface area contributed by atoms with Crippen molar-refractivity contribution in [2.24, 2.45) is 5.92 Å². The van der Waals surface area contributed by atoms with Gasteiger partial charge in [0.1, 0.15) is 5.82 Å². The van der Waals surface area contributed by atoms with Crippen LogP contribution in [0.1, 0.15) is 30.9 Å². The van der Waals surface area contributed by atoms with E-state index in [4.69, 9.17) is 0 Å². The van der Waals surface area contributed by atoms with Gasteiger partial charge in [-0.15, -0.1) is 0 Å². The third-order valence-electron chi connectivity index (χ3n) is 3.44. The Morgan fingerprint density at radius 3 is 2.55 bits per heavy atom. The molecular formula is C18H21FN2O. The number of carbonyl (C=O) groups is 1. The van der Waals surface area contributed by atoms with Gasteiger partial charge in [-0.1, -0.05) is 32.0 Å². The summed E-state index contributed by atoms with van der Waals surface area (Å²) >= 11 is 0. The van der Waals surface area contributed by atoms with Crippen LogP contribution in [0.25, 0.3) is 0 Å². The van der Waals surface area contributed by atoms with Crippen molar-refractivity contribution in [3.63, 3.8) is 0 Å². The van der Waals surface area contributed by atoms with Crippen LogP contribution in [0.2, 0.25) is 0 Å². The van der Waals surface area contributed by atoms with Gasteiger partial charge in [0.15, 0.2) is 0 Å². The smallest absolute Gasteiger partial charge is 0.227 e. The highest BCUT2D eigenvalue weighted by Crippen LogP contribution is 2.21. The molecule has 22 heavy (non-hydrogen) atoms. The van der Waals surface area contributed by atoms with Gasteiger partial charge in [0.2, 0.25) is 5.91 Å². The fourth-order valence-electron chi connectivity index (χ4n) is 2.24. The number of hydrogen-bond donors (Lipinski definition) is 1. The quantitative estimate of drug-likeness (QED) is 0.889. The number of nitrogens with zero attached hydrogens (tertiary/aromatic N) is 1. The van der Waals surface area contributed by atoms with Crippen LogP contribution in [0.5, 0.6) is 0 Å². The highest BCUT2D eigenvalue weighted by atomic mass is 19.1. The van der Waals surface area contributed by atoms with Crippen LogP contribution in [0.4, 0.5) is 4.39 Å². The largest absolute Gasteiger partial charge is 0.355 e. The van der Waals surface area contributed by atoms with Crippen molar-refractivity contribution < 1.29 is 9.18 Å². The van der Waals surface area contributed by atoms with Crippen molar-refractivity contribution >= 4 is 5.91 Å². The lowest BCUT2D eigenvalue weighted by atomic mass is 9.91. The molecule has 0 saturated carbocycles. The lowest BCUT2D eigenvalue weighted by Gasteiger charge is -2.18. The molecule has 2 rings (SSSR count). The highest BCUT2D eigenvalue weighted by Gasteiger charge is 2.21. The van der Waals surface area contributed by atoms with Gasteiger partial charge in [0.25, 0.3) is 0 Å². The van der Waals surface area contributed by atoms with Gasteiger partial charge in [-0.2, -0.15) is 0 Å². The zero-order valence-electron chi connectivity index (χ0n) is 12.9. The molecule has 1 amide bonds. The maximum Gasteiger partial charge on any atom is 0.227 e. The average Bonchev–Trinajstić information content (AvgIpc) is 2.52. The highest BCUT2D eigenvalue weighted by molar-refractivity contribution is 5.84. The standard InChI is InChI=1S/C18H21FN2O/c1-13(2)11-21-18(22)17(10-14-4-3-9-20-12-14)15-5-7-16(19)8-6-15/h3-9,12-13,17H,10-11H2,1-2H3,(H,21,22). The van der Waals surface area contributed by atoms with Crippen LogP contribution in [-0.4, -0.2) is 17.4 Å². The molecule has 1 atom stereocenters. The van der Waals surface area contributed by atoms with Crippen molar-refractivity contribution in [2.45, 2.75) is 26.2 Å². The van der Waals surface area contributed by atoms with E-state index in [1.54, 1.807) is 24.5 Å². The first-order valence-electron chi connectivity index (χ1n) is 7.48. The second-order valence-corrected chi connectivity index (χ2v) is 5.81. The Morgan fingerprint density at radius 2 is 1.95 bits per heavy atom. The first kappa shape index (κ1) is 16.1. The van der Waals surface area contributed by atoms with E-state index in [0.717, 1.165) is 11.1 Å². The molecule has 116 valence electrons. The summed E-state index contributed by atoms with van der Waals surface area (Å²) in [5.74, 6) is -0.296. The van der Waals surface area contributed by atoms with E-state index in [1.807, 2.05) is 26.0 Å². The molecule has 0 aliphatic carbocycles. The Kier molecular flexibility index (Phi) is 5.64. The van der Waals surface area contributed by atoms with Crippen LogP contribution in [0.15, 0.2) is 48.8 Å². The maximum absolute atomic E-state index is 13.1. The molecule has 1 aromatic heterocycles. The molecule has 4 heteroatoms. The minimum absolute atomic E-state index is 0.0378. The zero-order valence-corrected chi connectivity index (χ0v) is 12.9. The summed E-state index contributed by atoms with van der Waals surface area (Å²) in [6.07, 6.45) is 4.00. The van der Waals surface area contributed by atoms with Crippen LogP contribution in [-0.2, 0) is 11.2 Å². The molecule has 0 aliphatic heterocycles. The lowest BCUT2D eigenvalue weighted by molar-refractivity contribution is -0.122. The second kappa shape index (κ2) is 7.69. The van der Waals surface area contributed by atoms with E-state index < -0.39 is 0 Å². The van der Waals surface area contributed by atoms with E-state index in [1.165, 1.54) is 12.1 Å². The van der Waals surface area contributed by atoms with Crippen molar-refractivity contribution in [1.29, 1.82) is 0 Å². The van der Waals surface area contributed by atoms with Gasteiger partial charge in [-0.25, -0.2) is 4.39 Å². The van der Waals surface area contributed by atoms with Gasteiger partial charge >= 0.3 is 0 Å². The predicted molar refractivity (Wildman–Crippen MR) is 84.9 cm³/mol. The van der Waals surface area contributed by atoms with Crippen LogP contribution < -0.4 is 5.32 Å². The normalized spacial score (nSPS) is 12.2. The number of pyridine rings is 1. The third-order valence-corrected chi connectivity index (χ3v) is 3.44. The second-order valence-electron chi connectivity index (χ2n) is 5.81. The molecule has 1 N–H and O–H groups in total. The van der Waals surface area contributed by atoms with Gasteiger partial charge < -0.3 is 5.32 Å². The summed E-state index contributed by atoms with van der Waals surface area (Å²) in [5, 5.41) is 2.96. The Morgan fingerprint density at radius 1 is 1.23 bits per heavy atom. The zero-order chi connectivity index (χ0) is 15.9. The number of amides is 1. The van der Waals surface area contributed by atoms with Crippen LogP contribution >= 0.6 is 0 Å². The first-order chi connectivity index (χ1) is 10.6. The molecule has 1 unspecified atom stereocenters. The summed E-state index contributed by atoms with van der Waals surface area (Å²) in [6.45, 7) is 4.73. The molecule has 1 aromatic carbocycles. The Hall–Kier alpha value is -2.23. The Labute approximate surface area is 130 Å². The van der Waals surface area contributed by atoms with E-state index in [2.05, 4.69) is 10.3 Å². The summed E-state index contributed by atoms with van der Waals surface area (Å²) in [7, 11) is 0. The van der Waals surface area contributed by atoms with Crippen LogP contribution in [0.3, 0.4) is 0 Å². The molecule has 0 saturated heterocycles. The summed E-state index contributed by atoms with van der Waals surface area (Å²) in [5.41, 5.74) is 1.79. The number of nitrogens with one attached hydrogen (secondary N) is 1. The van der Waals surface area contributed by atoms with Gasteiger partial charge in [-0.3, -0.25) is 9.78 Å². The van der Waals surface area contributed by atoms with Crippen molar-refractivity contribution in [1.82, 2.24) is 10.3 Å². The minimum Gasteiger partial charge on any atom is -0.355 e. The van der Waals surface area contributed by atoms with Crippen molar-refractivity contribution in [3.05, 3.63) is 65.7 Å². The molecule has 2 aromatic rings. The van der Waals surface area contributed by atoms with E-state index in [0.29, 0.717) is 18.9 Å². The van der Waals surface area contributed by atoms with E-state index in [9.17, 15) is 9.18 Å². The SMILES string of the molecule is CC(C)CNC(=O)C(Cc1cccnc1)c1ccc(F)cc1. The number of halogens is 1. The fourth-order valence-corrected chi connectivity index (χ4v) is 2.24. The molecule has 0 bridgehead atoms. The summed E-state index contributed by atoms with van der Waals surface area (Å²) < 4.78 is 13.1. The average molecular weight is 300 g/mol. The number of benzene rings is 1. The number of hydrogen-bond acceptors (Lipinski definition) is 2. The monoisotopic (exact) mass is 300 g/mol. The maximum atomic E-state index is 13.1. The predicted octanol–water partition coefficient (Wildman–Crippen LogP) is 3.32. The molecular weight excluding hydrogens is 279 g/mol. The topological polar surface area (TPSA) is 42.0 Å². The Balaban J connectivity index is 2.20. The summed E-state index contributed by atoms with van der Waals surface area (Å²) in [6, 6.07) is 9.92. The van der Waals surface area contributed by atoms with Gasteiger partial charge in [0, 0.05) is 18.9 Å². The van der Waals surface area contributed by atoms with E-state index >= 15 is 0 Å². The van der Waals surface area contributed by atoms with Crippen LogP contribution in [0, 0.1) is 11.7 Å². The Bertz CT molecular complexity index is 596. The molecule has 0 radical (unpaired) electrons. The number of aromatic nitrogens is 1. The van der Waals surface area contributed by atoms with Gasteiger partial charge in [-0.05, 0) is 41.7 Å². The summed E-state index contributed by atoms with van der Waals surface area (Å²) in [4.78, 5) is 16.6. The third kappa shape index (κ3) is 4.65. The number of carbonyl (C=O) groups excluding carboxylic acids is 1. The first-order valence-corrected chi connectivity index (χ1v) is 7.48. The van der Waals surface area contributed by atoms with Crippen molar-refractivity contribution in [3.8, 4) is 0 Å². The van der Waals surface area contributed by atoms with E-state index in [-0.39, 0.29) is 17.6 Å². The lowest BCUT2D eigenvalue weighted by Crippen LogP contribution is -2.33. The molecule has 0 fully saturated rings. The molecule has 0 spiro atoms. The van der Waals surface area contributed by atoms with Gasteiger partial charge in [0.05, 0.1) is 5.92 Å². The molecule has 0 aliphatic rings. The minimum atomic E-state index is -0.344.